The summed E-state index contributed by atoms with van der Waals surface area (Å²) in [6, 6.07) is 9.33. The average Bonchev–Trinajstić information content (AvgIpc) is 3.20. The fourth-order valence-corrected chi connectivity index (χ4v) is 2.12. The van der Waals surface area contributed by atoms with Crippen LogP contribution < -0.4 is 4.74 Å². The van der Waals surface area contributed by atoms with Crippen molar-refractivity contribution in [3.63, 3.8) is 0 Å². The maximum Gasteiger partial charge on any atom is 0.433 e. The van der Waals surface area contributed by atoms with Crippen LogP contribution in [0, 0.1) is 0 Å². The first kappa shape index (κ1) is 19.3. The highest BCUT2D eigenvalue weighted by molar-refractivity contribution is 5.98. The second-order valence-electron chi connectivity index (χ2n) is 5.66. The summed E-state index contributed by atoms with van der Waals surface area (Å²) in [4.78, 5) is 8.57. The van der Waals surface area contributed by atoms with Crippen molar-refractivity contribution >= 4 is 5.71 Å². The van der Waals surface area contributed by atoms with Gasteiger partial charge in [0.1, 0.15) is 24.7 Å². The van der Waals surface area contributed by atoms with Gasteiger partial charge in [-0.05, 0) is 53.2 Å². The highest BCUT2D eigenvalue weighted by Gasteiger charge is 2.31. The van der Waals surface area contributed by atoms with E-state index in [-0.39, 0.29) is 13.2 Å². The van der Waals surface area contributed by atoms with Gasteiger partial charge < -0.3 is 9.57 Å². The summed E-state index contributed by atoms with van der Waals surface area (Å²) in [7, 11) is 0. The first-order valence-corrected chi connectivity index (χ1v) is 8.06. The monoisotopic (exact) mass is 392 g/mol. The number of nitrogens with zero attached hydrogens (tertiary/aromatic N) is 5. The molecule has 0 spiro atoms. The Morgan fingerprint density at radius 1 is 1.11 bits per heavy atom. The van der Waals surface area contributed by atoms with E-state index in [1.807, 2.05) is 0 Å². The molecule has 0 fully saturated rings. The van der Waals surface area contributed by atoms with Gasteiger partial charge in [-0.3, -0.25) is 4.98 Å². The number of aromatic amines is 1. The molecule has 0 atom stereocenters. The molecule has 0 saturated carbocycles. The minimum atomic E-state index is -4.46. The fourth-order valence-electron chi connectivity index (χ4n) is 2.12. The second-order valence-corrected chi connectivity index (χ2v) is 5.66. The third kappa shape index (κ3) is 5.25. The lowest BCUT2D eigenvalue weighted by molar-refractivity contribution is -0.141. The van der Waals surface area contributed by atoms with E-state index in [1.165, 1.54) is 6.07 Å². The van der Waals surface area contributed by atoms with Gasteiger partial charge in [-0.2, -0.15) is 13.2 Å². The number of halogens is 3. The molecule has 0 amide bonds. The molecule has 0 bridgehead atoms. The minimum absolute atomic E-state index is 0.00882. The van der Waals surface area contributed by atoms with Crippen LogP contribution in [0.15, 0.2) is 47.8 Å². The van der Waals surface area contributed by atoms with Crippen LogP contribution in [0.5, 0.6) is 5.75 Å². The molecule has 1 N–H and O–H groups in total. The van der Waals surface area contributed by atoms with E-state index in [2.05, 4.69) is 30.8 Å². The van der Waals surface area contributed by atoms with Crippen molar-refractivity contribution in [1.29, 1.82) is 0 Å². The summed E-state index contributed by atoms with van der Waals surface area (Å²) in [6.07, 6.45) is -3.35. The number of alkyl halides is 3. The average molecular weight is 392 g/mol. The van der Waals surface area contributed by atoms with Crippen LogP contribution in [0.25, 0.3) is 0 Å². The first-order chi connectivity index (χ1) is 13.4. The van der Waals surface area contributed by atoms with Crippen molar-refractivity contribution in [2.45, 2.75) is 26.3 Å². The number of benzene rings is 1. The van der Waals surface area contributed by atoms with Crippen molar-refractivity contribution in [2.24, 2.45) is 5.16 Å². The molecule has 28 heavy (non-hydrogen) atoms. The fraction of sp³-hybridized carbons (Fsp3) is 0.235. The standard InChI is InChI=1S/C17H15F3N6O2/c1-11(24-28-9-12-2-7-15(21-8-12)17(18,19)20)13-3-5-14(6-4-13)27-10-16-22-25-26-23-16/h2-8H,9-10H2,1H3,(H,22,23,25,26). The van der Waals surface area contributed by atoms with E-state index < -0.39 is 11.9 Å². The number of H-pyrrole nitrogens is 1. The third-order valence-electron chi connectivity index (χ3n) is 3.58. The van der Waals surface area contributed by atoms with Gasteiger partial charge in [-0.25, -0.2) is 5.10 Å². The molecule has 0 aliphatic rings. The van der Waals surface area contributed by atoms with Crippen LogP contribution in [-0.2, 0) is 24.2 Å². The van der Waals surface area contributed by atoms with Crippen molar-refractivity contribution in [2.75, 3.05) is 0 Å². The lowest BCUT2D eigenvalue weighted by Gasteiger charge is -2.07. The van der Waals surface area contributed by atoms with Gasteiger partial charge in [0.2, 0.25) is 0 Å². The highest BCUT2D eigenvalue weighted by Crippen LogP contribution is 2.27. The topological polar surface area (TPSA) is 98.2 Å². The highest BCUT2D eigenvalue weighted by atomic mass is 19.4. The molecule has 0 radical (unpaired) electrons. The van der Waals surface area contributed by atoms with E-state index in [1.54, 1.807) is 31.2 Å². The zero-order valence-electron chi connectivity index (χ0n) is 14.6. The largest absolute Gasteiger partial charge is 0.486 e. The number of rotatable bonds is 7. The minimum Gasteiger partial charge on any atom is -0.486 e. The van der Waals surface area contributed by atoms with E-state index in [9.17, 15) is 13.2 Å². The van der Waals surface area contributed by atoms with Gasteiger partial charge >= 0.3 is 6.18 Å². The summed E-state index contributed by atoms with van der Waals surface area (Å²) < 4.78 is 43.0. The first-order valence-electron chi connectivity index (χ1n) is 8.06. The van der Waals surface area contributed by atoms with Crippen LogP contribution in [0.2, 0.25) is 0 Å². The smallest absolute Gasteiger partial charge is 0.433 e. The van der Waals surface area contributed by atoms with E-state index >= 15 is 0 Å². The van der Waals surface area contributed by atoms with Crippen LogP contribution >= 0.6 is 0 Å². The molecule has 0 saturated heterocycles. The third-order valence-corrected chi connectivity index (χ3v) is 3.58. The Hall–Kier alpha value is -3.50. The molecule has 3 aromatic rings. The molecule has 0 unspecified atom stereocenters. The molecule has 2 aromatic heterocycles. The number of oxime groups is 1. The van der Waals surface area contributed by atoms with Crippen molar-refractivity contribution in [3.8, 4) is 5.75 Å². The van der Waals surface area contributed by atoms with Gasteiger partial charge in [-0.15, -0.1) is 5.10 Å². The zero-order chi connectivity index (χ0) is 20.0. The maximum absolute atomic E-state index is 12.5. The lowest BCUT2D eigenvalue weighted by atomic mass is 10.1. The van der Waals surface area contributed by atoms with E-state index in [0.717, 1.165) is 17.8 Å². The Morgan fingerprint density at radius 3 is 2.50 bits per heavy atom. The molecular weight excluding hydrogens is 377 g/mol. The van der Waals surface area contributed by atoms with Crippen molar-refractivity contribution in [3.05, 3.63) is 65.2 Å². The summed E-state index contributed by atoms with van der Waals surface area (Å²) in [5.74, 6) is 1.14. The molecule has 1 aromatic carbocycles. The molecule has 11 heteroatoms. The summed E-state index contributed by atoms with van der Waals surface area (Å²) >= 11 is 0. The summed E-state index contributed by atoms with van der Waals surface area (Å²) in [5, 5.41) is 17.2. The summed E-state index contributed by atoms with van der Waals surface area (Å²) in [5.41, 5.74) is 0.943. The number of aromatic nitrogens is 5. The number of pyridine rings is 1. The van der Waals surface area contributed by atoms with Crippen LogP contribution in [0.4, 0.5) is 13.2 Å². The van der Waals surface area contributed by atoms with Gasteiger partial charge in [0, 0.05) is 11.8 Å². The van der Waals surface area contributed by atoms with Crippen LogP contribution in [0.1, 0.15) is 29.6 Å². The predicted molar refractivity (Wildman–Crippen MR) is 91.2 cm³/mol. The maximum atomic E-state index is 12.5. The number of tetrazole rings is 1. The van der Waals surface area contributed by atoms with Crippen LogP contribution in [-0.4, -0.2) is 31.3 Å². The van der Waals surface area contributed by atoms with Gasteiger partial charge in [-0.1, -0.05) is 11.2 Å². The second kappa shape index (κ2) is 8.46. The lowest BCUT2D eigenvalue weighted by Crippen LogP contribution is -2.07. The van der Waals surface area contributed by atoms with Crippen molar-refractivity contribution in [1.82, 2.24) is 25.6 Å². The zero-order valence-corrected chi connectivity index (χ0v) is 14.6. The van der Waals surface area contributed by atoms with Gasteiger partial charge in [0.25, 0.3) is 0 Å². The Kier molecular flexibility index (Phi) is 5.82. The number of hydrogen-bond donors (Lipinski definition) is 1. The molecule has 8 nitrogen and oxygen atoms in total. The molecule has 2 heterocycles. The Balaban J connectivity index is 1.51. The molecule has 0 aliphatic carbocycles. The number of hydrogen-bond acceptors (Lipinski definition) is 7. The van der Waals surface area contributed by atoms with Gasteiger partial charge in [0.15, 0.2) is 5.82 Å². The summed E-state index contributed by atoms with van der Waals surface area (Å²) in [6.45, 7) is 1.97. The van der Waals surface area contributed by atoms with Gasteiger partial charge in [0.05, 0.1) is 5.71 Å². The molecule has 0 aliphatic heterocycles. The van der Waals surface area contributed by atoms with E-state index in [4.69, 9.17) is 9.57 Å². The Bertz CT molecular complexity index is 910. The predicted octanol–water partition coefficient (Wildman–Crippen LogP) is 3.13. The number of nitrogens with one attached hydrogen (secondary N) is 1. The molecular formula is C17H15F3N6O2. The normalized spacial score (nSPS) is 12.1. The number of ether oxygens (including phenoxy) is 1. The Labute approximate surface area is 157 Å². The SMILES string of the molecule is CC(=NOCc1ccc(C(F)(F)F)nc1)c1ccc(OCc2nnn[nH]2)cc1. The van der Waals surface area contributed by atoms with E-state index in [0.29, 0.717) is 22.8 Å². The molecule has 3 rings (SSSR count). The Morgan fingerprint density at radius 2 is 1.89 bits per heavy atom. The molecule has 146 valence electrons. The quantitative estimate of drug-likeness (QED) is 0.490. The van der Waals surface area contributed by atoms with Crippen molar-refractivity contribution < 1.29 is 22.7 Å². The van der Waals surface area contributed by atoms with Crippen LogP contribution in [0.3, 0.4) is 0 Å².